The van der Waals surface area contributed by atoms with Crippen molar-refractivity contribution in [1.29, 1.82) is 0 Å². The molecule has 0 saturated carbocycles. The quantitative estimate of drug-likeness (QED) is 0.502. The van der Waals surface area contributed by atoms with Crippen molar-refractivity contribution in [2.75, 3.05) is 6.61 Å². The van der Waals surface area contributed by atoms with Gasteiger partial charge in [-0.05, 0) is 56.5 Å². The van der Waals surface area contributed by atoms with Crippen molar-refractivity contribution in [3.05, 3.63) is 53.0 Å². The number of hydrogen-bond acceptors (Lipinski definition) is 5. The van der Waals surface area contributed by atoms with Crippen molar-refractivity contribution in [1.82, 2.24) is 4.81 Å². The maximum atomic E-state index is 13.6. The third-order valence-electron chi connectivity index (χ3n) is 6.88. The third-order valence-corrected chi connectivity index (χ3v) is 13.4. The summed E-state index contributed by atoms with van der Waals surface area (Å²) >= 11 is 0. The molecular formula is C22H34BNO4SSi. The Kier molecular flexibility index (Phi) is 6.06. The van der Waals surface area contributed by atoms with Gasteiger partial charge in [0.15, 0.2) is 8.32 Å². The lowest BCUT2D eigenvalue weighted by Crippen LogP contribution is -2.53. The summed E-state index contributed by atoms with van der Waals surface area (Å²) in [6, 6.07) is 6.72. The lowest BCUT2D eigenvalue weighted by molar-refractivity contribution is 0.208. The summed E-state index contributed by atoms with van der Waals surface area (Å²) in [7, 11) is -6.44. The van der Waals surface area contributed by atoms with Crippen molar-refractivity contribution in [3.8, 4) is 0 Å². The van der Waals surface area contributed by atoms with Gasteiger partial charge in [-0.2, -0.15) is 0 Å². The topological polar surface area (TPSA) is 66.8 Å². The number of fused-ring (bicyclic) bond motifs is 2. The molecule has 164 valence electrons. The standard InChI is InChI=1S/C22H34BNO4SSi/c1-17-8-10-19(11-9-17)29(26,27)20-16-18-12-13-22(20,24(18)23(5)25)14-15-28-30(6,7)21(2,3)4/h8-13,16,18,25H,14-15H2,1-7H3. The molecule has 0 aromatic heterocycles. The number of benzene rings is 1. The van der Waals surface area contributed by atoms with Crippen molar-refractivity contribution < 1.29 is 17.9 Å². The van der Waals surface area contributed by atoms with E-state index in [0.29, 0.717) is 17.9 Å². The Morgan fingerprint density at radius 3 is 2.37 bits per heavy atom. The first kappa shape index (κ1) is 23.5. The van der Waals surface area contributed by atoms with Crippen LogP contribution in [0.3, 0.4) is 0 Å². The van der Waals surface area contributed by atoms with Crippen LogP contribution in [-0.4, -0.2) is 51.8 Å². The van der Waals surface area contributed by atoms with Crippen LogP contribution in [0.25, 0.3) is 0 Å². The SMILES string of the molecule is CB(O)N1C2C=CC1(CCO[Si](C)(C)C(C)(C)C)C(S(=O)(=O)c1ccc(C)cc1)=C2. The second-order valence-corrected chi connectivity index (χ2v) is 16.7. The number of hydrogen-bond donors (Lipinski definition) is 1. The minimum absolute atomic E-state index is 0.0744. The minimum Gasteiger partial charge on any atom is -0.437 e. The zero-order valence-corrected chi connectivity index (χ0v) is 21.0. The summed E-state index contributed by atoms with van der Waals surface area (Å²) in [6.45, 7) is 15.0. The van der Waals surface area contributed by atoms with E-state index < -0.39 is 30.7 Å². The molecule has 1 aromatic rings. The molecule has 30 heavy (non-hydrogen) atoms. The molecule has 2 aliphatic rings. The lowest BCUT2D eigenvalue weighted by atomic mass is 9.79. The number of sulfone groups is 1. The second kappa shape index (κ2) is 7.74. The van der Waals surface area contributed by atoms with E-state index in [1.165, 1.54) is 0 Å². The zero-order valence-electron chi connectivity index (χ0n) is 19.1. The van der Waals surface area contributed by atoms with E-state index in [2.05, 4.69) is 33.9 Å². The highest BCUT2D eigenvalue weighted by Crippen LogP contribution is 2.48. The Hall–Kier alpha value is -1.19. The lowest BCUT2D eigenvalue weighted by Gasteiger charge is -2.40. The molecular weight excluding hydrogens is 413 g/mol. The fourth-order valence-electron chi connectivity index (χ4n) is 4.11. The van der Waals surface area contributed by atoms with Gasteiger partial charge in [0.25, 0.3) is 0 Å². The van der Waals surface area contributed by atoms with Crippen LogP contribution in [0, 0.1) is 6.92 Å². The van der Waals surface area contributed by atoms with Crippen molar-refractivity contribution in [2.45, 2.75) is 75.5 Å². The Morgan fingerprint density at radius 2 is 1.83 bits per heavy atom. The molecule has 8 heteroatoms. The van der Waals surface area contributed by atoms with E-state index in [4.69, 9.17) is 4.43 Å². The summed E-state index contributed by atoms with van der Waals surface area (Å²) in [4.78, 5) is 2.52. The minimum atomic E-state index is -3.69. The summed E-state index contributed by atoms with van der Waals surface area (Å²) in [5.41, 5.74) is 0.129. The van der Waals surface area contributed by atoms with E-state index in [-0.39, 0.29) is 16.0 Å². The average Bonchev–Trinajstić information content (AvgIpc) is 3.14. The van der Waals surface area contributed by atoms with Crippen LogP contribution in [0.4, 0.5) is 0 Å². The third kappa shape index (κ3) is 3.88. The normalized spacial score (nSPS) is 24.4. The molecule has 5 nitrogen and oxygen atoms in total. The maximum absolute atomic E-state index is 13.6. The van der Waals surface area contributed by atoms with E-state index in [1.54, 1.807) is 25.0 Å². The molecule has 0 radical (unpaired) electrons. The van der Waals surface area contributed by atoms with E-state index in [9.17, 15) is 13.4 Å². The van der Waals surface area contributed by atoms with E-state index in [0.717, 1.165) is 5.56 Å². The van der Waals surface area contributed by atoms with Crippen LogP contribution in [-0.2, 0) is 14.3 Å². The predicted octanol–water partition coefficient (Wildman–Crippen LogP) is 4.17. The number of aryl methyl sites for hydroxylation is 1. The van der Waals surface area contributed by atoms with Gasteiger partial charge in [-0.15, -0.1) is 0 Å². The molecule has 3 rings (SSSR count). The molecule has 1 aromatic carbocycles. The highest BCUT2D eigenvalue weighted by atomic mass is 32.2. The van der Waals surface area contributed by atoms with Gasteiger partial charge in [0.1, 0.15) is 0 Å². The van der Waals surface area contributed by atoms with E-state index >= 15 is 0 Å². The van der Waals surface area contributed by atoms with Gasteiger partial charge in [0.05, 0.1) is 15.3 Å². The predicted molar refractivity (Wildman–Crippen MR) is 126 cm³/mol. The fraction of sp³-hybridized carbons (Fsp3) is 0.545. The van der Waals surface area contributed by atoms with Gasteiger partial charge in [-0.1, -0.05) is 50.6 Å². The highest BCUT2D eigenvalue weighted by molar-refractivity contribution is 7.95. The first-order chi connectivity index (χ1) is 13.7. The van der Waals surface area contributed by atoms with Crippen LogP contribution < -0.4 is 0 Å². The number of nitrogens with zero attached hydrogens (tertiary/aromatic N) is 1. The molecule has 0 spiro atoms. The van der Waals surface area contributed by atoms with Gasteiger partial charge in [0, 0.05) is 12.6 Å². The smallest absolute Gasteiger partial charge is 0.378 e. The molecule has 0 amide bonds. The first-order valence-electron chi connectivity index (χ1n) is 10.6. The monoisotopic (exact) mass is 447 g/mol. The Morgan fingerprint density at radius 1 is 1.23 bits per heavy atom. The largest absolute Gasteiger partial charge is 0.437 e. The van der Waals surface area contributed by atoms with Gasteiger partial charge >= 0.3 is 7.05 Å². The van der Waals surface area contributed by atoms with Crippen molar-refractivity contribution >= 4 is 25.2 Å². The fourth-order valence-corrected chi connectivity index (χ4v) is 6.96. The summed E-state index contributed by atoms with van der Waals surface area (Å²) in [5.74, 6) is 0. The van der Waals surface area contributed by atoms with Gasteiger partial charge in [0.2, 0.25) is 9.84 Å². The summed E-state index contributed by atoms with van der Waals surface area (Å²) in [6.07, 6.45) is 6.19. The van der Waals surface area contributed by atoms with Gasteiger partial charge in [-0.3, -0.25) is 4.81 Å². The van der Waals surface area contributed by atoms with Crippen LogP contribution >= 0.6 is 0 Å². The van der Waals surface area contributed by atoms with E-state index in [1.807, 2.05) is 36.0 Å². The van der Waals surface area contributed by atoms with Crippen LogP contribution in [0.1, 0.15) is 32.8 Å². The van der Waals surface area contributed by atoms with Gasteiger partial charge in [-0.25, -0.2) is 8.42 Å². The van der Waals surface area contributed by atoms with Gasteiger partial charge < -0.3 is 9.45 Å². The molecule has 0 saturated heterocycles. The molecule has 0 fully saturated rings. The van der Waals surface area contributed by atoms with Crippen LogP contribution in [0.5, 0.6) is 0 Å². The van der Waals surface area contributed by atoms with Crippen molar-refractivity contribution in [3.63, 3.8) is 0 Å². The van der Waals surface area contributed by atoms with Crippen LogP contribution in [0.2, 0.25) is 25.0 Å². The highest BCUT2D eigenvalue weighted by Gasteiger charge is 2.56. The maximum Gasteiger partial charge on any atom is 0.378 e. The first-order valence-corrected chi connectivity index (χ1v) is 15.0. The zero-order chi connectivity index (χ0) is 22.5. The molecule has 1 N–H and O–H groups in total. The average molecular weight is 447 g/mol. The summed E-state index contributed by atoms with van der Waals surface area (Å²) < 4.78 is 33.6. The Bertz CT molecular complexity index is 964. The summed E-state index contributed by atoms with van der Waals surface area (Å²) in [5, 5.41) is 10.6. The number of rotatable bonds is 7. The van der Waals surface area contributed by atoms with Crippen molar-refractivity contribution in [2.24, 2.45) is 0 Å². The molecule has 2 atom stereocenters. The Labute approximate surface area is 183 Å². The van der Waals surface area contributed by atoms with Crippen LogP contribution in [0.15, 0.2) is 52.3 Å². The molecule has 2 heterocycles. The molecule has 2 unspecified atom stereocenters. The molecule has 0 aliphatic carbocycles. The Balaban J connectivity index is 1.94. The molecule has 2 bridgehead atoms. The second-order valence-electron chi connectivity index (χ2n) is 10.0. The molecule has 2 aliphatic heterocycles.